The van der Waals surface area contributed by atoms with E-state index in [9.17, 15) is 18.0 Å². The summed E-state index contributed by atoms with van der Waals surface area (Å²) in [5.74, 6) is -0.232. The van der Waals surface area contributed by atoms with E-state index in [1.54, 1.807) is 13.0 Å². The molecule has 0 aliphatic rings. The van der Waals surface area contributed by atoms with Crippen molar-refractivity contribution in [1.82, 2.24) is 19.7 Å². The zero-order valence-corrected chi connectivity index (χ0v) is 10.2. The highest BCUT2D eigenvalue weighted by Crippen LogP contribution is 2.26. The predicted molar refractivity (Wildman–Crippen MR) is 61.1 cm³/mol. The van der Waals surface area contributed by atoms with Gasteiger partial charge in [-0.05, 0) is 19.4 Å². The molecule has 5 nitrogen and oxygen atoms in total. The number of aromatic amines is 1. The van der Waals surface area contributed by atoms with E-state index in [0.717, 1.165) is 0 Å². The summed E-state index contributed by atoms with van der Waals surface area (Å²) in [4.78, 5) is 17.0. The predicted octanol–water partition coefficient (Wildman–Crippen LogP) is 1.85. The number of rotatable bonds is 2. The highest BCUT2D eigenvalue weighted by molar-refractivity contribution is 5.21. The molecule has 2 aromatic heterocycles. The van der Waals surface area contributed by atoms with Crippen LogP contribution in [0.1, 0.15) is 24.0 Å². The normalized spacial score (nSPS) is 11.8. The van der Waals surface area contributed by atoms with Crippen LogP contribution >= 0.6 is 0 Å². The number of nitrogens with one attached hydrogen (secondary N) is 1. The Morgan fingerprint density at radius 1 is 1.37 bits per heavy atom. The SMILES string of the molecule is CCc1cc(C)nn1-c1nc(C(F)(F)F)cc(=O)[nH]1. The van der Waals surface area contributed by atoms with Crippen molar-refractivity contribution in [2.45, 2.75) is 26.4 Å². The van der Waals surface area contributed by atoms with Gasteiger partial charge >= 0.3 is 6.18 Å². The van der Waals surface area contributed by atoms with Crippen LogP contribution in [-0.2, 0) is 12.6 Å². The Morgan fingerprint density at radius 2 is 2.05 bits per heavy atom. The zero-order valence-electron chi connectivity index (χ0n) is 10.2. The molecule has 2 heterocycles. The summed E-state index contributed by atoms with van der Waals surface area (Å²) >= 11 is 0. The van der Waals surface area contributed by atoms with Gasteiger partial charge in [0.2, 0.25) is 5.95 Å². The molecule has 0 aromatic carbocycles. The van der Waals surface area contributed by atoms with Crippen LogP contribution < -0.4 is 5.56 Å². The van der Waals surface area contributed by atoms with Crippen molar-refractivity contribution in [3.63, 3.8) is 0 Å². The molecule has 0 unspecified atom stereocenters. The molecule has 0 radical (unpaired) electrons. The Hall–Kier alpha value is -2.12. The van der Waals surface area contributed by atoms with E-state index in [1.165, 1.54) is 4.68 Å². The molecular formula is C11H11F3N4O. The third-order valence-electron chi connectivity index (χ3n) is 2.49. The third-order valence-corrected chi connectivity index (χ3v) is 2.49. The van der Waals surface area contributed by atoms with Crippen LogP contribution in [0.3, 0.4) is 0 Å². The van der Waals surface area contributed by atoms with Crippen molar-refractivity contribution in [3.8, 4) is 5.95 Å². The Morgan fingerprint density at radius 3 is 2.63 bits per heavy atom. The van der Waals surface area contributed by atoms with E-state index >= 15 is 0 Å². The molecular weight excluding hydrogens is 261 g/mol. The van der Waals surface area contributed by atoms with Crippen molar-refractivity contribution in [3.05, 3.63) is 39.6 Å². The molecule has 0 saturated heterocycles. The molecule has 0 fully saturated rings. The summed E-state index contributed by atoms with van der Waals surface area (Å²) < 4.78 is 39.0. The van der Waals surface area contributed by atoms with Gasteiger partial charge in [0.1, 0.15) is 0 Å². The van der Waals surface area contributed by atoms with Crippen LogP contribution in [-0.4, -0.2) is 19.7 Å². The Bertz CT molecular complexity index is 657. The first-order valence-corrected chi connectivity index (χ1v) is 5.55. The number of halogens is 3. The summed E-state index contributed by atoms with van der Waals surface area (Å²) in [6, 6.07) is 2.14. The van der Waals surface area contributed by atoms with Gasteiger partial charge in [-0.3, -0.25) is 9.78 Å². The third kappa shape index (κ3) is 2.67. The lowest BCUT2D eigenvalue weighted by Crippen LogP contribution is -2.20. The average molecular weight is 272 g/mol. The number of H-pyrrole nitrogens is 1. The topological polar surface area (TPSA) is 63.6 Å². The molecule has 2 rings (SSSR count). The molecule has 102 valence electrons. The maximum atomic E-state index is 12.6. The van der Waals surface area contributed by atoms with Gasteiger partial charge in [-0.15, -0.1) is 0 Å². The van der Waals surface area contributed by atoms with E-state index in [-0.39, 0.29) is 5.95 Å². The van der Waals surface area contributed by atoms with Gasteiger partial charge in [-0.1, -0.05) is 6.92 Å². The molecule has 19 heavy (non-hydrogen) atoms. The van der Waals surface area contributed by atoms with Crippen LogP contribution in [0, 0.1) is 6.92 Å². The Balaban J connectivity index is 2.62. The number of alkyl halides is 3. The lowest BCUT2D eigenvalue weighted by atomic mass is 10.3. The number of nitrogens with zero attached hydrogens (tertiary/aromatic N) is 3. The first-order chi connectivity index (χ1) is 8.81. The highest BCUT2D eigenvalue weighted by atomic mass is 19.4. The van der Waals surface area contributed by atoms with E-state index in [1.807, 2.05) is 6.92 Å². The zero-order chi connectivity index (χ0) is 14.2. The van der Waals surface area contributed by atoms with E-state index < -0.39 is 17.4 Å². The number of hydrogen-bond donors (Lipinski definition) is 1. The van der Waals surface area contributed by atoms with E-state index in [0.29, 0.717) is 23.9 Å². The fourth-order valence-electron chi connectivity index (χ4n) is 1.68. The van der Waals surface area contributed by atoms with Gasteiger partial charge in [0.15, 0.2) is 5.69 Å². The summed E-state index contributed by atoms with van der Waals surface area (Å²) in [7, 11) is 0. The van der Waals surface area contributed by atoms with Gasteiger partial charge in [-0.2, -0.15) is 18.3 Å². The van der Waals surface area contributed by atoms with Crippen molar-refractivity contribution in [2.24, 2.45) is 0 Å². The Kier molecular flexibility index (Phi) is 3.17. The van der Waals surface area contributed by atoms with E-state index in [2.05, 4.69) is 15.1 Å². The highest BCUT2D eigenvalue weighted by Gasteiger charge is 2.33. The lowest BCUT2D eigenvalue weighted by Gasteiger charge is -2.08. The second-order valence-electron chi connectivity index (χ2n) is 3.99. The second-order valence-corrected chi connectivity index (χ2v) is 3.99. The molecule has 2 aromatic rings. The van der Waals surface area contributed by atoms with Crippen LogP contribution in [0.2, 0.25) is 0 Å². The number of hydrogen-bond acceptors (Lipinski definition) is 3. The Labute approximate surface area is 106 Å². The second kappa shape index (κ2) is 4.52. The van der Waals surface area contributed by atoms with Crippen molar-refractivity contribution < 1.29 is 13.2 Å². The minimum atomic E-state index is -4.67. The standard InChI is InChI=1S/C11H11F3N4O/c1-3-7-4-6(2)17-18(7)10-15-8(11(12,13)14)5-9(19)16-10/h4-5H,3H2,1-2H3,(H,15,16,19). The minimum absolute atomic E-state index is 0.232. The minimum Gasteiger partial charge on any atom is -0.291 e. The van der Waals surface area contributed by atoms with Crippen LogP contribution in [0.15, 0.2) is 16.9 Å². The maximum Gasteiger partial charge on any atom is 0.433 e. The lowest BCUT2D eigenvalue weighted by molar-refractivity contribution is -0.141. The average Bonchev–Trinajstić information content (AvgIpc) is 2.68. The molecule has 0 amide bonds. The van der Waals surface area contributed by atoms with E-state index in [4.69, 9.17) is 0 Å². The monoisotopic (exact) mass is 272 g/mol. The first kappa shape index (κ1) is 13.3. The summed E-state index contributed by atoms with van der Waals surface area (Å²) in [5, 5.41) is 4.03. The van der Waals surface area contributed by atoms with Gasteiger partial charge in [0.25, 0.3) is 5.56 Å². The van der Waals surface area contributed by atoms with Crippen LogP contribution in [0.5, 0.6) is 0 Å². The number of aryl methyl sites for hydroxylation is 2. The molecule has 0 aliphatic heterocycles. The first-order valence-electron chi connectivity index (χ1n) is 5.55. The quantitative estimate of drug-likeness (QED) is 0.907. The fourth-order valence-corrected chi connectivity index (χ4v) is 1.68. The largest absolute Gasteiger partial charge is 0.433 e. The summed E-state index contributed by atoms with van der Waals surface area (Å²) in [5.41, 5.74) is -0.800. The molecule has 0 spiro atoms. The molecule has 1 N–H and O–H groups in total. The van der Waals surface area contributed by atoms with Crippen molar-refractivity contribution >= 4 is 0 Å². The summed E-state index contributed by atoms with van der Waals surface area (Å²) in [6.45, 7) is 3.54. The van der Waals surface area contributed by atoms with Gasteiger partial charge < -0.3 is 0 Å². The van der Waals surface area contributed by atoms with Crippen LogP contribution in [0.4, 0.5) is 13.2 Å². The molecule has 0 aliphatic carbocycles. The molecule has 0 bridgehead atoms. The van der Waals surface area contributed by atoms with Crippen molar-refractivity contribution in [1.29, 1.82) is 0 Å². The van der Waals surface area contributed by atoms with Gasteiger partial charge in [0.05, 0.1) is 5.69 Å². The van der Waals surface area contributed by atoms with Gasteiger partial charge in [-0.25, -0.2) is 9.67 Å². The molecule has 0 atom stereocenters. The summed E-state index contributed by atoms with van der Waals surface area (Å²) in [6.07, 6.45) is -4.11. The molecule has 8 heteroatoms. The van der Waals surface area contributed by atoms with Gasteiger partial charge in [0, 0.05) is 11.8 Å². The fraction of sp³-hybridized carbons (Fsp3) is 0.364. The number of aromatic nitrogens is 4. The maximum absolute atomic E-state index is 12.6. The molecule has 0 saturated carbocycles. The smallest absolute Gasteiger partial charge is 0.291 e. The van der Waals surface area contributed by atoms with Crippen LogP contribution in [0.25, 0.3) is 5.95 Å². The van der Waals surface area contributed by atoms with Crippen molar-refractivity contribution in [2.75, 3.05) is 0 Å².